The van der Waals surface area contributed by atoms with Gasteiger partial charge in [-0.15, -0.1) is 0 Å². The minimum atomic E-state index is -6.76. The van der Waals surface area contributed by atoms with Crippen molar-refractivity contribution >= 4 is 0 Å². The first-order chi connectivity index (χ1) is 14.3. The van der Waals surface area contributed by atoms with E-state index in [1.165, 1.54) is 0 Å². The molecule has 4 aliphatic rings. The molecule has 16 heteroatoms. The summed E-state index contributed by atoms with van der Waals surface area (Å²) in [6, 6.07) is 0. The monoisotopic (exact) mass is 494 g/mol. The van der Waals surface area contributed by atoms with Crippen LogP contribution in [0.5, 0.6) is 5.75 Å². The predicted octanol–water partition coefficient (Wildman–Crippen LogP) is 6.45. The molecule has 0 spiro atoms. The van der Waals surface area contributed by atoms with Gasteiger partial charge < -0.3 is 5.11 Å². The number of aromatic hydroxyl groups is 1. The van der Waals surface area contributed by atoms with E-state index in [9.17, 15) is 71.0 Å². The van der Waals surface area contributed by atoms with E-state index in [0.29, 0.717) is 0 Å². The van der Waals surface area contributed by atoms with Crippen molar-refractivity contribution in [1.29, 1.82) is 0 Å². The molecule has 0 aliphatic heterocycles. The van der Waals surface area contributed by atoms with E-state index in [2.05, 4.69) is 0 Å². The second-order valence-electron chi connectivity index (χ2n) is 6.34. The summed E-state index contributed by atoms with van der Waals surface area (Å²) in [6.45, 7) is 0. The average molecular weight is 494 g/mol. The van der Waals surface area contributed by atoms with Crippen LogP contribution >= 0.6 is 0 Å². The third-order valence-corrected chi connectivity index (χ3v) is 4.60. The van der Waals surface area contributed by atoms with Gasteiger partial charge in [-0.3, -0.25) is 0 Å². The van der Waals surface area contributed by atoms with Crippen LogP contribution < -0.4 is 0 Å². The van der Waals surface area contributed by atoms with Crippen molar-refractivity contribution in [3.8, 4) is 5.75 Å². The van der Waals surface area contributed by atoms with E-state index >= 15 is 0 Å². The standard InChI is InChI=1S/C16HF15O/c17-5-1-6(18)8(20)2(7(5)19)14(26,27)16(30,31)4-10(22)9(21)3(11(23)12(4)32)15(28,29)13(1,24)25/h32H. The molecule has 4 bridgehead atoms. The third kappa shape index (κ3) is 2.45. The van der Waals surface area contributed by atoms with Crippen molar-refractivity contribution in [3.05, 3.63) is 63.0 Å². The maximum atomic E-state index is 14.3. The number of alkyl halides is 8. The first kappa shape index (κ1) is 23.8. The van der Waals surface area contributed by atoms with E-state index < -0.39 is 92.4 Å². The summed E-state index contributed by atoms with van der Waals surface area (Å²) in [7, 11) is 0. The number of halogens is 15. The van der Waals surface area contributed by atoms with Crippen LogP contribution in [0.1, 0.15) is 22.3 Å². The van der Waals surface area contributed by atoms with Crippen LogP contribution in [-0.2, 0) is 23.7 Å². The van der Waals surface area contributed by atoms with Gasteiger partial charge in [0.05, 0.1) is 0 Å². The minimum Gasteiger partial charge on any atom is -0.504 e. The van der Waals surface area contributed by atoms with Crippen molar-refractivity contribution < 1.29 is 71.0 Å². The molecule has 0 saturated carbocycles. The largest absolute Gasteiger partial charge is 0.504 e. The zero-order chi connectivity index (χ0) is 24.9. The first-order valence-electron chi connectivity index (χ1n) is 7.56. The Hall–Kier alpha value is -2.81. The van der Waals surface area contributed by atoms with Crippen LogP contribution in [0.25, 0.3) is 0 Å². The Morgan fingerprint density at radius 2 is 0.531 bits per heavy atom. The molecule has 1 N–H and O–H groups in total. The fourth-order valence-electron chi connectivity index (χ4n) is 3.02. The molecule has 0 aromatic heterocycles. The SMILES string of the molecule is Oc1c(F)c2c(F)c(F)c1C(F)(F)C(F)(F)c1c(F)c(F)c(c(F)c1F)C(F)(F)C2(F)F. The Kier molecular flexibility index (Phi) is 4.75. The Morgan fingerprint density at radius 1 is 0.344 bits per heavy atom. The summed E-state index contributed by atoms with van der Waals surface area (Å²) in [4.78, 5) is 0. The van der Waals surface area contributed by atoms with E-state index in [1.807, 2.05) is 0 Å². The van der Waals surface area contributed by atoms with Gasteiger partial charge in [0.1, 0.15) is 22.3 Å². The highest BCUT2D eigenvalue weighted by Gasteiger charge is 2.70. The molecule has 6 rings (SSSR count). The molecular formula is C16HF15O. The van der Waals surface area contributed by atoms with Crippen molar-refractivity contribution in [2.45, 2.75) is 23.7 Å². The van der Waals surface area contributed by atoms with Crippen LogP contribution in [0.15, 0.2) is 0 Å². The van der Waals surface area contributed by atoms with E-state index in [0.717, 1.165) is 0 Å². The Labute approximate surface area is 164 Å². The average Bonchev–Trinajstić information content (AvgIpc) is 2.64. The zero-order valence-corrected chi connectivity index (χ0v) is 14.1. The second-order valence-corrected chi connectivity index (χ2v) is 6.34. The molecule has 0 amide bonds. The Bertz CT molecular complexity index is 927. The topological polar surface area (TPSA) is 20.2 Å². The number of hydrogen-bond acceptors (Lipinski definition) is 1. The number of benzene rings is 2. The van der Waals surface area contributed by atoms with Gasteiger partial charge in [0.2, 0.25) is 0 Å². The molecule has 2 aromatic rings. The smallest absolute Gasteiger partial charge is 0.346 e. The zero-order valence-electron chi connectivity index (χ0n) is 14.1. The molecule has 4 aliphatic carbocycles. The number of phenols is 1. The molecule has 0 atom stereocenters. The van der Waals surface area contributed by atoms with Crippen LogP contribution in [0.4, 0.5) is 65.9 Å². The highest BCUT2D eigenvalue weighted by molar-refractivity contribution is 5.49. The van der Waals surface area contributed by atoms with Gasteiger partial charge in [0.15, 0.2) is 46.5 Å². The summed E-state index contributed by atoms with van der Waals surface area (Å²) in [6.07, 6.45) is 0. The molecule has 0 radical (unpaired) electrons. The maximum Gasteiger partial charge on any atom is 0.346 e. The summed E-state index contributed by atoms with van der Waals surface area (Å²) in [5, 5.41) is 9.25. The van der Waals surface area contributed by atoms with Crippen molar-refractivity contribution in [2.75, 3.05) is 0 Å². The van der Waals surface area contributed by atoms with Crippen molar-refractivity contribution in [3.63, 3.8) is 0 Å². The number of rotatable bonds is 0. The summed E-state index contributed by atoms with van der Waals surface area (Å²) < 4.78 is 212. The number of hydrogen-bond donors (Lipinski definition) is 1. The second kappa shape index (κ2) is 6.37. The van der Waals surface area contributed by atoms with Gasteiger partial charge in [0, 0.05) is 0 Å². The predicted molar refractivity (Wildman–Crippen MR) is 69.8 cm³/mol. The first-order valence-corrected chi connectivity index (χ1v) is 7.56. The van der Waals surface area contributed by atoms with E-state index in [4.69, 9.17) is 0 Å². The molecular weight excluding hydrogens is 493 g/mol. The third-order valence-electron chi connectivity index (χ3n) is 4.60. The Balaban J connectivity index is 2.76. The fourth-order valence-corrected chi connectivity index (χ4v) is 3.02. The van der Waals surface area contributed by atoms with Crippen LogP contribution in [0.3, 0.4) is 0 Å². The maximum absolute atomic E-state index is 14.3. The lowest BCUT2D eigenvalue weighted by molar-refractivity contribution is -0.236. The van der Waals surface area contributed by atoms with Gasteiger partial charge in [-0.1, -0.05) is 0 Å². The highest BCUT2D eigenvalue weighted by atomic mass is 19.3. The van der Waals surface area contributed by atoms with Crippen LogP contribution in [0.2, 0.25) is 0 Å². The molecule has 0 fully saturated rings. The summed E-state index contributed by atoms with van der Waals surface area (Å²) in [5.41, 5.74) is -14.7. The molecule has 0 saturated heterocycles. The van der Waals surface area contributed by atoms with Crippen molar-refractivity contribution in [2.24, 2.45) is 0 Å². The molecule has 1 nitrogen and oxygen atoms in total. The van der Waals surface area contributed by atoms with Gasteiger partial charge >= 0.3 is 23.7 Å². The van der Waals surface area contributed by atoms with Crippen molar-refractivity contribution in [1.82, 2.24) is 0 Å². The molecule has 176 valence electrons. The molecule has 32 heavy (non-hydrogen) atoms. The normalized spacial score (nSPS) is 20.2. The molecule has 2 aromatic carbocycles. The van der Waals surface area contributed by atoms with Gasteiger partial charge in [-0.25, -0.2) is 30.7 Å². The lowest BCUT2D eigenvalue weighted by Gasteiger charge is -2.33. The van der Waals surface area contributed by atoms with E-state index in [-0.39, 0.29) is 0 Å². The minimum absolute atomic E-state index is 3.27. The summed E-state index contributed by atoms with van der Waals surface area (Å²) >= 11 is 0. The van der Waals surface area contributed by atoms with Crippen LogP contribution in [0, 0.1) is 40.7 Å². The summed E-state index contributed by atoms with van der Waals surface area (Å²) in [5.74, 6) is -56.0. The van der Waals surface area contributed by atoms with Gasteiger partial charge in [-0.2, -0.15) is 35.1 Å². The Morgan fingerprint density at radius 3 is 0.812 bits per heavy atom. The lowest BCUT2D eigenvalue weighted by atomic mass is 9.86. The van der Waals surface area contributed by atoms with Gasteiger partial charge in [-0.05, 0) is 0 Å². The molecule has 0 unspecified atom stereocenters. The highest BCUT2D eigenvalue weighted by Crippen LogP contribution is 2.60. The van der Waals surface area contributed by atoms with Crippen LogP contribution in [-0.4, -0.2) is 5.11 Å². The molecule has 0 heterocycles. The lowest BCUT2D eigenvalue weighted by Crippen LogP contribution is -2.44. The fraction of sp³-hybridized carbons (Fsp3) is 0.250. The van der Waals surface area contributed by atoms with Gasteiger partial charge in [0.25, 0.3) is 0 Å². The van der Waals surface area contributed by atoms with E-state index in [1.54, 1.807) is 0 Å². The quantitative estimate of drug-likeness (QED) is 0.330. The number of phenolic OH excluding ortho intramolecular Hbond substituents is 1.